The van der Waals surface area contributed by atoms with Gasteiger partial charge in [-0.1, -0.05) is 6.07 Å². The van der Waals surface area contributed by atoms with Crippen molar-refractivity contribution in [3.8, 4) is 0 Å². The second-order valence-corrected chi connectivity index (χ2v) is 3.88. The van der Waals surface area contributed by atoms with Crippen LogP contribution in [0.4, 0.5) is 0 Å². The van der Waals surface area contributed by atoms with E-state index in [1.807, 2.05) is 12.1 Å². The molecule has 1 heterocycles. The zero-order chi connectivity index (χ0) is 8.81. The lowest BCUT2D eigenvalue weighted by atomic mass is 10.5. The molecule has 1 aromatic heterocycles. The highest BCUT2D eigenvalue weighted by Crippen LogP contribution is 2.01. The molecule has 0 aromatic carbocycles. The molecule has 0 saturated carbocycles. The van der Waals surface area contributed by atoms with Crippen LogP contribution >= 0.6 is 0 Å². The Hall–Kier alpha value is -0.740. The molecular formula is C8H12N2OS. The SMILES string of the molecule is NCCCS(=O)c1ccccn1. The Bertz CT molecular complexity index is 250. The Labute approximate surface area is 74.5 Å². The molecule has 4 heteroatoms. The van der Waals surface area contributed by atoms with Crippen LogP contribution in [-0.4, -0.2) is 21.5 Å². The number of pyridine rings is 1. The molecule has 2 N–H and O–H groups in total. The lowest BCUT2D eigenvalue weighted by Crippen LogP contribution is -2.06. The molecule has 1 aromatic rings. The summed E-state index contributed by atoms with van der Waals surface area (Å²) < 4.78 is 11.4. The zero-order valence-electron chi connectivity index (χ0n) is 6.77. The number of rotatable bonds is 4. The first-order valence-electron chi connectivity index (χ1n) is 3.84. The normalized spacial score (nSPS) is 12.8. The highest BCUT2D eigenvalue weighted by atomic mass is 32.2. The maximum atomic E-state index is 11.4. The first-order valence-corrected chi connectivity index (χ1v) is 5.16. The number of nitrogens with two attached hydrogens (primary N) is 1. The first kappa shape index (κ1) is 9.35. The summed E-state index contributed by atoms with van der Waals surface area (Å²) in [6.45, 7) is 0.582. The van der Waals surface area contributed by atoms with Gasteiger partial charge in [0.2, 0.25) is 0 Å². The number of aromatic nitrogens is 1. The smallest absolute Gasteiger partial charge is 0.127 e. The summed E-state index contributed by atoms with van der Waals surface area (Å²) in [5.41, 5.74) is 5.30. The van der Waals surface area contributed by atoms with Crippen molar-refractivity contribution in [2.45, 2.75) is 11.4 Å². The fourth-order valence-corrected chi connectivity index (χ4v) is 1.85. The van der Waals surface area contributed by atoms with Crippen molar-refractivity contribution < 1.29 is 4.21 Å². The Morgan fingerprint density at radius 3 is 2.92 bits per heavy atom. The highest BCUT2D eigenvalue weighted by Gasteiger charge is 2.02. The third-order valence-corrected chi connectivity index (χ3v) is 2.77. The van der Waals surface area contributed by atoms with Crippen molar-refractivity contribution in [2.24, 2.45) is 5.73 Å². The molecule has 1 rings (SSSR count). The molecular weight excluding hydrogens is 172 g/mol. The molecule has 0 amide bonds. The van der Waals surface area contributed by atoms with Gasteiger partial charge in [0.05, 0.1) is 10.8 Å². The van der Waals surface area contributed by atoms with Gasteiger partial charge in [0.15, 0.2) is 0 Å². The van der Waals surface area contributed by atoms with E-state index in [0.29, 0.717) is 17.3 Å². The molecule has 0 aliphatic heterocycles. The van der Waals surface area contributed by atoms with E-state index in [0.717, 1.165) is 6.42 Å². The van der Waals surface area contributed by atoms with Gasteiger partial charge in [0, 0.05) is 11.9 Å². The Kier molecular flexibility index (Phi) is 3.90. The fourth-order valence-electron chi connectivity index (χ4n) is 0.801. The molecule has 66 valence electrons. The molecule has 0 bridgehead atoms. The molecule has 0 fully saturated rings. The van der Waals surface area contributed by atoms with E-state index in [1.54, 1.807) is 12.3 Å². The van der Waals surface area contributed by atoms with Crippen LogP contribution < -0.4 is 5.73 Å². The number of nitrogens with zero attached hydrogens (tertiary/aromatic N) is 1. The molecule has 0 aliphatic rings. The Balaban J connectivity index is 2.54. The largest absolute Gasteiger partial charge is 0.330 e. The molecule has 0 radical (unpaired) electrons. The fraction of sp³-hybridized carbons (Fsp3) is 0.375. The minimum absolute atomic E-state index is 0.582. The van der Waals surface area contributed by atoms with Crippen LogP contribution in [0.25, 0.3) is 0 Å². The molecule has 0 spiro atoms. The van der Waals surface area contributed by atoms with Crippen LogP contribution in [0.3, 0.4) is 0 Å². The van der Waals surface area contributed by atoms with Crippen molar-refractivity contribution >= 4 is 10.8 Å². The van der Waals surface area contributed by atoms with E-state index in [9.17, 15) is 4.21 Å². The van der Waals surface area contributed by atoms with Gasteiger partial charge < -0.3 is 5.73 Å². The second kappa shape index (κ2) is 5.00. The van der Waals surface area contributed by atoms with Gasteiger partial charge >= 0.3 is 0 Å². The number of hydrogen-bond acceptors (Lipinski definition) is 3. The van der Waals surface area contributed by atoms with Crippen molar-refractivity contribution in [3.63, 3.8) is 0 Å². The lowest BCUT2D eigenvalue weighted by molar-refractivity contribution is 0.677. The van der Waals surface area contributed by atoms with Crippen LogP contribution in [0, 0.1) is 0 Å². The summed E-state index contributed by atoms with van der Waals surface area (Å²) in [5.74, 6) is 0.605. The van der Waals surface area contributed by atoms with E-state index in [4.69, 9.17) is 5.73 Å². The second-order valence-electron chi connectivity index (χ2n) is 2.36. The van der Waals surface area contributed by atoms with Gasteiger partial charge in [-0.15, -0.1) is 0 Å². The first-order chi connectivity index (χ1) is 5.84. The van der Waals surface area contributed by atoms with Crippen LogP contribution in [0.1, 0.15) is 6.42 Å². The summed E-state index contributed by atoms with van der Waals surface area (Å²) in [5, 5.41) is 0.644. The van der Waals surface area contributed by atoms with Crippen molar-refractivity contribution in [2.75, 3.05) is 12.3 Å². The van der Waals surface area contributed by atoms with Crippen molar-refractivity contribution in [1.82, 2.24) is 4.98 Å². The predicted molar refractivity (Wildman–Crippen MR) is 49.2 cm³/mol. The topological polar surface area (TPSA) is 56.0 Å². The van der Waals surface area contributed by atoms with Crippen LogP contribution in [0.2, 0.25) is 0 Å². The quantitative estimate of drug-likeness (QED) is 0.743. The van der Waals surface area contributed by atoms with Crippen molar-refractivity contribution in [1.29, 1.82) is 0 Å². The van der Waals surface area contributed by atoms with Crippen LogP contribution in [0.5, 0.6) is 0 Å². The molecule has 0 aliphatic carbocycles. The maximum absolute atomic E-state index is 11.4. The Morgan fingerprint density at radius 2 is 2.33 bits per heavy atom. The molecule has 1 atom stereocenters. The molecule has 12 heavy (non-hydrogen) atoms. The molecule has 0 saturated heterocycles. The third kappa shape index (κ3) is 2.71. The van der Waals surface area contributed by atoms with E-state index >= 15 is 0 Å². The van der Waals surface area contributed by atoms with Gasteiger partial charge in [-0.25, -0.2) is 4.98 Å². The Morgan fingerprint density at radius 1 is 1.50 bits per heavy atom. The van der Waals surface area contributed by atoms with Crippen LogP contribution in [-0.2, 0) is 10.8 Å². The van der Waals surface area contributed by atoms with Gasteiger partial charge in [0.25, 0.3) is 0 Å². The molecule has 1 unspecified atom stereocenters. The van der Waals surface area contributed by atoms with Gasteiger partial charge in [-0.05, 0) is 25.1 Å². The highest BCUT2D eigenvalue weighted by molar-refractivity contribution is 7.84. The summed E-state index contributed by atoms with van der Waals surface area (Å²) in [6.07, 6.45) is 2.43. The average molecular weight is 184 g/mol. The van der Waals surface area contributed by atoms with Gasteiger partial charge in [-0.2, -0.15) is 0 Å². The lowest BCUT2D eigenvalue weighted by Gasteiger charge is -1.98. The van der Waals surface area contributed by atoms with Crippen LogP contribution in [0.15, 0.2) is 29.4 Å². The van der Waals surface area contributed by atoms with E-state index in [2.05, 4.69) is 4.98 Å². The average Bonchev–Trinajstić information content (AvgIpc) is 2.15. The van der Waals surface area contributed by atoms with Gasteiger partial charge in [0.1, 0.15) is 5.03 Å². The predicted octanol–water partition coefficient (Wildman–Crippen LogP) is 0.538. The monoisotopic (exact) mass is 184 g/mol. The zero-order valence-corrected chi connectivity index (χ0v) is 7.59. The van der Waals surface area contributed by atoms with E-state index in [-0.39, 0.29) is 0 Å². The maximum Gasteiger partial charge on any atom is 0.127 e. The molecule has 3 nitrogen and oxygen atoms in total. The van der Waals surface area contributed by atoms with Crippen molar-refractivity contribution in [3.05, 3.63) is 24.4 Å². The summed E-state index contributed by atoms with van der Waals surface area (Å²) >= 11 is 0. The van der Waals surface area contributed by atoms with E-state index in [1.165, 1.54) is 0 Å². The van der Waals surface area contributed by atoms with Gasteiger partial charge in [-0.3, -0.25) is 4.21 Å². The standard InChI is InChI=1S/C8H12N2OS/c9-5-3-7-12(11)8-4-1-2-6-10-8/h1-2,4,6H,3,5,7,9H2. The minimum atomic E-state index is -0.974. The summed E-state index contributed by atoms with van der Waals surface area (Å²) in [7, 11) is -0.974. The van der Waals surface area contributed by atoms with E-state index < -0.39 is 10.8 Å². The summed E-state index contributed by atoms with van der Waals surface area (Å²) in [6, 6.07) is 5.42. The third-order valence-electron chi connectivity index (χ3n) is 1.40. The number of hydrogen-bond donors (Lipinski definition) is 1. The minimum Gasteiger partial charge on any atom is -0.330 e. The summed E-state index contributed by atoms with van der Waals surface area (Å²) in [4.78, 5) is 3.99.